The first-order chi connectivity index (χ1) is 14.1. The third kappa shape index (κ3) is 6.78. The van der Waals surface area contributed by atoms with Crippen molar-refractivity contribution in [2.45, 2.75) is 71.8 Å². The number of aldehydes is 1. The Balaban J connectivity index is 0.00000145. The van der Waals surface area contributed by atoms with Crippen molar-refractivity contribution in [1.82, 2.24) is 0 Å². The lowest BCUT2D eigenvalue weighted by atomic mass is 10.00. The minimum Gasteiger partial charge on any atom is -0.493 e. The molecule has 0 aromatic heterocycles. The van der Waals surface area contributed by atoms with Gasteiger partial charge in [-0.05, 0) is 66.8 Å². The van der Waals surface area contributed by atoms with E-state index in [4.69, 9.17) is 21.1 Å². The summed E-state index contributed by atoms with van der Waals surface area (Å²) in [6.45, 7) is 9.00. The highest BCUT2D eigenvalue weighted by atomic mass is 35.5. The van der Waals surface area contributed by atoms with Gasteiger partial charge in [-0.25, -0.2) is 0 Å². The molecule has 0 saturated heterocycles. The molecule has 1 unspecified atom stereocenters. The first kappa shape index (κ1) is 23.3. The summed E-state index contributed by atoms with van der Waals surface area (Å²) in [6.07, 6.45) is 5.09. The average molecular weight is 417 g/mol. The Hall–Kier alpha value is -2.00. The van der Waals surface area contributed by atoms with E-state index < -0.39 is 0 Å². The van der Waals surface area contributed by atoms with Crippen molar-refractivity contribution in [2.75, 3.05) is 6.61 Å². The van der Waals surface area contributed by atoms with Gasteiger partial charge in [0.2, 0.25) is 0 Å². The lowest BCUT2D eigenvalue weighted by Crippen LogP contribution is -2.23. The lowest BCUT2D eigenvalue weighted by Gasteiger charge is -2.22. The summed E-state index contributed by atoms with van der Waals surface area (Å²) in [7, 11) is 0. The van der Waals surface area contributed by atoms with Gasteiger partial charge < -0.3 is 9.47 Å². The van der Waals surface area contributed by atoms with E-state index in [0.717, 1.165) is 60.5 Å². The van der Waals surface area contributed by atoms with Crippen molar-refractivity contribution in [3.8, 4) is 11.5 Å². The van der Waals surface area contributed by atoms with Gasteiger partial charge in [-0.15, -0.1) is 0 Å². The minimum atomic E-state index is -0.334. The van der Waals surface area contributed by atoms with E-state index in [9.17, 15) is 4.79 Å². The predicted octanol–water partition coefficient (Wildman–Crippen LogP) is 6.78. The van der Waals surface area contributed by atoms with Gasteiger partial charge in [0, 0.05) is 11.1 Å². The fourth-order valence-electron chi connectivity index (χ4n) is 3.29. The van der Waals surface area contributed by atoms with Gasteiger partial charge in [0.15, 0.2) is 12.4 Å². The number of aryl methyl sites for hydroxylation is 2. The fourth-order valence-corrected chi connectivity index (χ4v) is 3.57. The average Bonchev–Trinajstić information content (AvgIpc) is 2.75. The van der Waals surface area contributed by atoms with E-state index >= 15 is 0 Å². The molecule has 1 aliphatic rings. The van der Waals surface area contributed by atoms with Gasteiger partial charge in [-0.2, -0.15) is 0 Å². The zero-order valence-corrected chi connectivity index (χ0v) is 18.8. The van der Waals surface area contributed by atoms with Crippen LogP contribution in [0, 0.1) is 0 Å². The van der Waals surface area contributed by atoms with E-state index in [1.807, 2.05) is 32.0 Å². The normalized spacial score (nSPS) is 15.0. The molecule has 158 valence electrons. The molecule has 3 nitrogen and oxygen atoms in total. The lowest BCUT2D eigenvalue weighted by molar-refractivity contribution is -0.114. The van der Waals surface area contributed by atoms with Gasteiger partial charge >= 0.3 is 0 Å². The Kier molecular flexibility index (Phi) is 9.53. The number of hydrogen-bond acceptors (Lipinski definition) is 3. The number of carbonyl (C=O) groups is 1. The molecule has 1 heterocycles. The molecule has 1 aliphatic heterocycles. The molecule has 3 rings (SSSR count). The third-order valence-corrected chi connectivity index (χ3v) is 5.37. The number of fused-ring (bicyclic) bond motifs is 1. The van der Waals surface area contributed by atoms with Crippen molar-refractivity contribution in [1.29, 1.82) is 0 Å². The summed E-state index contributed by atoms with van der Waals surface area (Å²) in [6, 6.07) is 12.3. The minimum absolute atomic E-state index is 0.334. The molecule has 4 heteroatoms. The van der Waals surface area contributed by atoms with Crippen LogP contribution < -0.4 is 9.47 Å². The van der Waals surface area contributed by atoms with Crippen molar-refractivity contribution in [3.63, 3.8) is 0 Å². The summed E-state index contributed by atoms with van der Waals surface area (Å²) in [5.74, 6) is 2.06. The van der Waals surface area contributed by atoms with Gasteiger partial charge in [0.1, 0.15) is 11.5 Å². The summed E-state index contributed by atoms with van der Waals surface area (Å²) < 4.78 is 11.5. The Morgan fingerprint density at radius 1 is 1.17 bits per heavy atom. The highest BCUT2D eigenvalue weighted by Gasteiger charge is 2.19. The molecule has 1 atom stereocenters. The number of benzene rings is 2. The molecule has 0 saturated carbocycles. The van der Waals surface area contributed by atoms with Gasteiger partial charge in [0.05, 0.1) is 6.61 Å². The largest absolute Gasteiger partial charge is 0.493 e. The van der Waals surface area contributed by atoms with Crippen LogP contribution in [0.3, 0.4) is 0 Å². The second kappa shape index (κ2) is 11.9. The molecular formula is C25H33ClO3. The van der Waals surface area contributed by atoms with Crippen molar-refractivity contribution < 1.29 is 14.3 Å². The van der Waals surface area contributed by atoms with Crippen LogP contribution in [0.25, 0.3) is 0 Å². The van der Waals surface area contributed by atoms with Gasteiger partial charge in [0.25, 0.3) is 0 Å². The first-order valence-corrected chi connectivity index (χ1v) is 11.1. The predicted molar refractivity (Wildman–Crippen MR) is 121 cm³/mol. The third-order valence-electron chi connectivity index (χ3n) is 5.02. The molecular weight excluding hydrogens is 384 g/mol. The summed E-state index contributed by atoms with van der Waals surface area (Å²) in [5, 5.41) is 0.860. The molecule has 0 fully saturated rings. The van der Waals surface area contributed by atoms with E-state index in [0.29, 0.717) is 12.5 Å². The zero-order chi connectivity index (χ0) is 21.2. The van der Waals surface area contributed by atoms with Gasteiger partial charge in [-0.3, -0.25) is 4.79 Å². The van der Waals surface area contributed by atoms with Crippen LogP contribution in [0.5, 0.6) is 11.5 Å². The maximum Gasteiger partial charge on any atom is 0.160 e. The number of halogens is 1. The Bertz CT molecular complexity index is 786. The molecule has 0 spiro atoms. The number of ether oxygens (including phenoxy) is 2. The SMILES string of the molecule is CC.CC(C)c1ccc(CCCCOc2ccc3c(c2)OC(C=O)CC3)c(Cl)c1. The number of hydrogen-bond donors (Lipinski definition) is 0. The maximum absolute atomic E-state index is 10.9. The Labute approximate surface area is 180 Å². The molecule has 2 aromatic carbocycles. The highest BCUT2D eigenvalue weighted by Crippen LogP contribution is 2.31. The smallest absolute Gasteiger partial charge is 0.160 e. The van der Waals surface area contributed by atoms with Crippen molar-refractivity contribution in [3.05, 3.63) is 58.1 Å². The summed E-state index contributed by atoms with van der Waals surface area (Å²) in [4.78, 5) is 10.9. The zero-order valence-electron chi connectivity index (χ0n) is 18.0. The highest BCUT2D eigenvalue weighted by molar-refractivity contribution is 6.31. The first-order valence-electron chi connectivity index (χ1n) is 10.7. The monoisotopic (exact) mass is 416 g/mol. The molecule has 0 radical (unpaired) electrons. The summed E-state index contributed by atoms with van der Waals surface area (Å²) in [5.41, 5.74) is 3.61. The molecule has 0 bridgehead atoms. The molecule has 0 aliphatic carbocycles. The molecule has 0 N–H and O–H groups in total. The van der Waals surface area contributed by atoms with Crippen LogP contribution in [0.4, 0.5) is 0 Å². The second-order valence-electron chi connectivity index (χ2n) is 7.41. The van der Waals surface area contributed by atoms with Crippen LogP contribution in [0.2, 0.25) is 5.02 Å². The van der Waals surface area contributed by atoms with E-state index in [2.05, 4.69) is 32.0 Å². The topological polar surface area (TPSA) is 35.5 Å². The van der Waals surface area contributed by atoms with Crippen LogP contribution >= 0.6 is 11.6 Å². The second-order valence-corrected chi connectivity index (χ2v) is 7.82. The molecule has 0 amide bonds. The molecule has 2 aromatic rings. The van der Waals surface area contributed by atoms with E-state index in [1.54, 1.807) is 0 Å². The molecule has 29 heavy (non-hydrogen) atoms. The van der Waals surface area contributed by atoms with Crippen LogP contribution in [-0.2, 0) is 17.6 Å². The van der Waals surface area contributed by atoms with E-state index in [1.165, 1.54) is 11.1 Å². The van der Waals surface area contributed by atoms with Crippen LogP contribution in [-0.4, -0.2) is 19.0 Å². The Morgan fingerprint density at radius 2 is 1.97 bits per heavy atom. The summed E-state index contributed by atoms with van der Waals surface area (Å²) >= 11 is 6.40. The fraction of sp³-hybridized carbons (Fsp3) is 0.480. The quantitative estimate of drug-likeness (QED) is 0.351. The van der Waals surface area contributed by atoms with Crippen molar-refractivity contribution >= 4 is 17.9 Å². The number of carbonyl (C=O) groups excluding carboxylic acids is 1. The van der Waals surface area contributed by atoms with Crippen molar-refractivity contribution in [2.24, 2.45) is 0 Å². The van der Waals surface area contributed by atoms with Crippen LogP contribution in [0.15, 0.2) is 36.4 Å². The standard InChI is InChI=1S/C23H27ClO3.C2H6/c1-16(2)19-7-6-17(22(24)13-19)5-3-4-12-26-20-10-8-18-9-11-21(15-25)27-23(18)14-20;1-2/h6-8,10,13-16,21H,3-5,9,11-12H2,1-2H3;1-2H3. The number of rotatable bonds is 8. The van der Waals surface area contributed by atoms with E-state index in [-0.39, 0.29) is 6.10 Å². The maximum atomic E-state index is 10.9. The van der Waals surface area contributed by atoms with Crippen LogP contribution in [0.1, 0.15) is 69.6 Å². The van der Waals surface area contributed by atoms with Gasteiger partial charge in [-0.1, -0.05) is 57.5 Å². The number of unbranched alkanes of at least 4 members (excludes halogenated alkanes) is 1. The Morgan fingerprint density at radius 3 is 2.66 bits per heavy atom.